The molecule has 0 amide bonds. The van der Waals surface area contributed by atoms with Crippen LogP contribution in [0.25, 0.3) is 0 Å². The third-order valence-corrected chi connectivity index (χ3v) is 6.78. The molecule has 0 bridgehead atoms. The second-order valence-electron chi connectivity index (χ2n) is 9.56. The zero-order chi connectivity index (χ0) is 29.1. The second kappa shape index (κ2) is 12.6. The smallest absolute Gasteiger partial charge is 0.229 e. The Hall–Kier alpha value is -3.05. The molecule has 9 N–H and O–H groups in total. The van der Waals surface area contributed by atoms with E-state index in [2.05, 4.69) is 0 Å². The van der Waals surface area contributed by atoms with Gasteiger partial charge in [0.1, 0.15) is 65.2 Å². The molecule has 2 aromatic rings. The number of hydrogen-bond donors (Lipinski definition) is 9. The summed E-state index contributed by atoms with van der Waals surface area (Å²) in [4.78, 5) is 13.1. The van der Waals surface area contributed by atoms with Gasteiger partial charge in [-0.1, -0.05) is 12.1 Å². The molecule has 9 atom stereocenters. The molecular formula is C26H32O14. The van der Waals surface area contributed by atoms with Crippen molar-refractivity contribution in [1.82, 2.24) is 0 Å². The first-order valence-corrected chi connectivity index (χ1v) is 12.5. The van der Waals surface area contributed by atoms with E-state index >= 15 is 0 Å². The van der Waals surface area contributed by atoms with Crippen molar-refractivity contribution >= 4 is 5.78 Å². The predicted octanol–water partition coefficient (Wildman–Crippen LogP) is -1.74. The number of aryl methyl sites for hydroxylation is 1. The Labute approximate surface area is 227 Å². The summed E-state index contributed by atoms with van der Waals surface area (Å²) in [5, 5.41) is 90.5. The Kier molecular flexibility index (Phi) is 9.45. The molecule has 2 fully saturated rings. The van der Waals surface area contributed by atoms with Gasteiger partial charge in [0.05, 0.1) is 13.2 Å². The second-order valence-corrected chi connectivity index (χ2v) is 9.56. The first-order chi connectivity index (χ1) is 19.0. The first-order valence-electron chi connectivity index (χ1n) is 12.5. The number of Topliss-reactive ketones (excluding diaryl/α,β-unsaturated/α-hetero) is 1. The van der Waals surface area contributed by atoms with Gasteiger partial charge in [0.15, 0.2) is 18.2 Å². The molecule has 0 aromatic heterocycles. The minimum atomic E-state index is -1.81. The zero-order valence-corrected chi connectivity index (χ0v) is 21.1. The van der Waals surface area contributed by atoms with E-state index in [-0.39, 0.29) is 29.9 Å². The van der Waals surface area contributed by atoms with Crippen LogP contribution in [0, 0.1) is 0 Å². The normalized spacial score (nSPS) is 32.2. The SMILES string of the molecule is O=C(CCc1ccc(O)cc1)c1c(O)cc(O)cc1O[C@@H]1O[C@H](CO)[C@@H](O)[C@H](O)[C@H]1O[C@@H]1O[C@H](CO)[C@H](O)[C@H]1O. The van der Waals surface area contributed by atoms with Gasteiger partial charge in [0, 0.05) is 18.6 Å². The molecule has 0 saturated carbocycles. The van der Waals surface area contributed by atoms with Crippen LogP contribution in [-0.2, 0) is 20.6 Å². The average molecular weight is 569 g/mol. The summed E-state index contributed by atoms with van der Waals surface area (Å²) in [6.07, 6.45) is -14.2. The molecule has 2 aliphatic heterocycles. The van der Waals surface area contributed by atoms with E-state index in [0.29, 0.717) is 0 Å². The Bertz CT molecular complexity index is 1160. The quantitative estimate of drug-likeness (QED) is 0.145. The molecule has 220 valence electrons. The molecule has 0 unspecified atom stereocenters. The van der Waals surface area contributed by atoms with Crippen LogP contribution in [0.2, 0.25) is 0 Å². The van der Waals surface area contributed by atoms with Gasteiger partial charge in [-0.05, 0) is 24.1 Å². The third kappa shape index (κ3) is 6.30. The van der Waals surface area contributed by atoms with Gasteiger partial charge in [-0.25, -0.2) is 0 Å². The van der Waals surface area contributed by atoms with Gasteiger partial charge in [0.2, 0.25) is 6.29 Å². The lowest BCUT2D eigenvalue weighted by Crippen LogP contribution is -2.62. The number of phenolic OH excluding ortho intramolecular Hbond substituents is 3. The molecule has 2 aliphatic rings. The topological polar surface area (TPSA) is 236 Å². The number of carbonyl (C=O) groups excluding carboxylic acids is 1. The summed E-state index contributed by atoms with van der Waals surface area (Å²) in [6.45, 7) is -1.42. The maximum absolute atomic E-state index is 13.1. The fourth-order valence-electron chi connectivity index (χ4n) is 4.56. The highest BCUT2D eigenvalue weighted by atomic mass is 16.8. The van der Waals surface area contributed by atoms with E-state index in [0.717, 1.165) is 17.7 Å². The summed E-state index contributed by atoms with van der Waals surface area (Å²) < 4.78 is 22.2. The van der Waals surface area contributed by atoms with E-state index in [1.165, 1.54) is 12.1 Å². The monoisotopic (exact) mass is 568 g/mol. The first kappa shape index (κ1) is 29.9. The number of ketones is 1. The minimum absolute atomic E-state index is 0.0524. The maximum atomic E-state index is 13.1. The molecule has 0 aliphatic carbocycles. The number of carbonyl (C=O) groups is 1. The molecule has 2 heterocycles. The minimum Gasteiger partial charge on any atom is -0.508 e. The van der Waals surface area contributed by atoms with E-state index in [9.17, 15) is 50.8 Å². The number of aliphatic hydroxyl groups is 6. The van der Waals surface area contributed by atoms with Gasteiger partial charge in [-0.3, -0.25) is 4.79 Å². The molecule has 2 aromatic carbocycles. The fourth-order valence-corrected chi connectivity index (χ4v) is 4.56. The van der Waals surface area contributed by atoms with E-state index < -0.39 is 85.8 Å². The van der Waals surface area contributed by atoms with Crippen molar-refractivity contribution < 1.29 is 69.7 Å². The molecule has 0 radical (unpaired) electrons. The van der Waals surface area contributed by atoms with Crippen LogP contribution in [-0.4, -0.2) is 120 Å². The van der Waals surface area contributed by atoms with Crippen molar-refractivity contribution in [1.29, 1.82) is 0 Å². The number of hydrogen-bond acceptors (Lipinski definition) is 14. The van der Waals surface area contributed by atoms with Gasteiger partial charge in [-0.2, -0.15) is 0 Å². The van der Waals surface area contributed by atoms with Crippen LogP contribution in [0.15, 0.2) is 36.4 Å². The highest BCUT2D eigenvalue weighted by Gasteiger charge is 2.51. The third-order valence-electron chi connectivity index (χ3n) is 6.78. The van der Waals surface area contributed by atoms with Crippen LogP contribution in [0.5, 0.6) is 23.0 Å². The van der Waals surface area contributed by atoms with Crippen LogP contribution in [0.4, 0.5) is 0 Å². The highest BCUT2D eigenvalue weighted by Crippen LogP contribution is 2.37. The van der Waals surface area contributed by atoms with Crippen LogP contribution in [0.1, 0.15) is 22.3 Å². The summed E-state index contributed by atoms with van der Waals surface area (Å²) in [5.74, 6) is -2.04. The lowest BCUT2D eigenvalue weighted by Gasteiger charge is -2.42. The molecule has 4 rings (SSSR count). The Morgan fingerprint density at radius 2 is 1.38 bits per heavy atom. The molecule has 14 nitrogen and oxygen atoms in total. The predicted molar refractivity (Wildman–Crippen MR) is 132 cm³/mol. The van der Waals surface area contributed by atoms with Crippen molar-refractivity contribution in [2.75, 3.05) is 13.2 Å². The van der Waals surface area contributed by atoms with Crippen LogP contribution in [0.3, 0.4) is 0 Å². The van der Waals surface area contributed by atoms with E-state index in [1.54, 1.807) is 12.1 Å². The number of benzene rings is 2. The van der Waals surface area contributed by atoms with Crippen molar-refractivity contribution in [3.8, 4) is 23.0 Å². The fraction of sp³-hybridized carbons (Fsp3) is 0.500. The van der Waals surface area contributed by atoms with Crippen molar-refractivity contribution in [2.24, 2.45) is 0 Å². The highest BCUT2D eigenvalue weighted by molar-refractivity contribution is 6.01. The van der Waals surface area contributed by atoms with Gasteiger partial charge < -0.3 is 64.9 Å². The maximum Gasteiger partial charge on any atom is 0.229 e. The molecular weight excluding hydrogens is 536 g/mol. The summed E-state index contributed by atoms with van der Waals surface area (Å²) in [5.41, 5.74) is 0.380. The molecule has 0 spiro atoms. The van der Waals surface area contributed by atoms with E-state index in [4.69, 9.17) is 18.9 Å². The number of aliphatic hydroxyl groups excluding tert-OH is 6. The Morgan fingerprint density at radius 1 is 0.775 bits per heavy atom. The lowest BCUT2D eigenvalue weighted by atomic mass is 9.98. The largest absolute Gasteiger partial charge is 0.508 e. The van der Waals surface area contributed by atoms with Crippen LogP contribution >= 0.6 is 0 Å². The Morgan fingerprint density at radius 3 is 2.00 bits per heavy atom. The van der Waals surface area contributed by atoms with Gasteiger partial charge in [-0.15, -0.1) is 0 Å². The number of rotatable bonds is 10. The number of phenols is 3. The molecule has 2 saturated heterocycles. The van der Waals surface area contributed by atoms with Gasteiger partial charge >= 0.3 is 0 Å². The summed E-state index contributed by atoms with van der Waals surface area (Å²) in [7, 11) is 0. The molecule has 40 heavy (non-hydrogen) atoms. The lowest BCUT2D eigenvalue weighted by molar-refractivity contribution is -0.320. The van der Waals surface area contributed by atoms with Crippen molar-refractivity contribution in [3.05, 3.63) is 47.5 Å². The standard InChI is InChI=1S/C26H32O14/c27-9-17-20(33)22(35)24(40-25-23(36)21(34)18(10-28)38-25)26(39-17)37-16-8-13(30)7-15(32)19(16)14(31)6-3-11-1-4-12(29)5-2-11/h1-2,4-5,7-8,17-18,20-30,32-36H,3,6,9-10H2/t17-,18-,20-,21+,22+,23-,24-,25+,26-/m1/s1. The average Bonchev–Trinajstić information content (AvgIpc) is 3.19. The van der Waals surface area contributed by atoms with Crippen molar-refractivity contribution in [2.45, 2.75) is 68.1 Å². The Balaban J connectivity index is 1.60. The number of aromatic hydroxyl groups is 3. The van der Waals surface area contributed by atoms with Gasteiger partial charge in [0.25, 0.3) is 0 Å². The zero-order valence-electron chi connectivity index (χ0n) is 21.1. The molecule has 14 heteroatoms. The number of ether oxygens (including phenoxy) is 4. The van der Waals surface area contributed by atoms with E-state index in [1.807, 2.05) is 0 Å². The summed E-state index contributed by atoms with van der Waals surface area (Å²) >= 11 is 0. The van der Waals surface area contributed by atoms with Crippen LogP contribution < -0.4 is 4.74 Å². The summed E-state index contributed by atoms with van der Waals surface area (Å²) in [6, 6.07) is 8.08. The van der Waals surface area contributed by atoms with Crippen molar-refractivity contribution in [3.63, 3.8) is 0 Å².